The van der Waals surface area contributed by atoms with Crippen LogP contribution < -0.4 is 10.1 Å². The minimum absolute atomic E-state index is 0.403. The highest BCUT2D eigenvalue weighted by Gasteiger charge is 2.16. The van der Waals surface area contributed by atoms with Crippen LogP contribution in [-0.2, 0) is 6.61 Å². The lowest BCUT2D eigenvalue weighted by atomic mass is 9.94. The van der Waals surface area contributed by atoms with Gasteiger partial charge in [0.25, 0.3) is 0 Å². The number of ether oxygens (including phenoxy) is 1. The lowest BCUT2D eigenvalue weighted by Gasteiger charge is -2.22. The molecule has 0 aliphatic carbocycles. The molecule has 0 amide bonds. The summed E-state index contributed by atoms with van der Waals surface area (Å²) in [7, 11) is 0. The van der Waals surface area contributed by atoms with Gasteiger partial charge in [-0.25, -0.2) is 4.98 Å². The number of nitrogens with zero attached hydrogens (tertiary/aromatic N) is 2. The van der Waals surface area contributed by atoms with E-state index < -0.39 is 0 Å². The van der Waals surface area contributed by atoms with Crippen molar-refractivity contribution in [1.82, 2.24) is 15.3 Å². The monoisotopic (exact) mass is 303 g/mol. The summed E-state index contributed by atoms with van der Waals surface area (Å²) >= 11 is 5.81. The summed E-state index contributed by atoms with van der Waals surface area (Å²) in [6, 6.07) is 9.66. The van der Waals surface area contributed by atoms with Gasteiger partial charge >= 0.3 is 0 Å². The second-order valence-electron chi connectivity index (χ2n) is 5.18. The zero-order valence-electron chi connectivity index (χ0n) is 11.8. The molecular formula is C16H18ClN3O. The van der Waals surface area contributed by atoms with Crippen LogP contribution in [0.5, 0.6) is 5.88 Å². The molecule has 1 N–H and O–H groups in total. The highest BCUT2D eigenvalue weighted by atomic mass is 35.5. The number of halogens is 1. The van der Waals surface area contributed by atoms with Gasteiger partial charge in [-0.15, -0.1) is 0 Å². The third-order valence-electron chi connectivity index (χ3n) is 3.66. The Hall–Kier alpha value is -1.65. The maximum atomic E-state index is 5.81. The lowest BCUT2D eigenvalue weighted by molar-refractivity contribution is 0.287. The number of piperidine rings is 1. The molecule has 3 heterocycles. The van der Waals surface area contributed by atoms with Crippen LogP contribution in [0.15, 0.2) is 36.5 Å². The molecule has 1 aliphatic heterocycles. The van der Waals surface area contributed by atoms with Gasteiger partial charge in [0.1, 0.15) is 6.61 Å². The maximum absolute atomic E-state index is 5.81. The first-order chi connectivity index (χ1) is 10.3. The normalized spacial score (nSPS) is 15.9. The number of rotatable bonds is 4. The molecular weight excluding hydrogens is 286 g/mol. The van der Waals surface area contributed by atoms with Crippen molar-refractivity contribution < 1.29 is 4.74 Å². The topological polar surface area (TPSA) is 47.0 Å². The van der Waals surface area contributed by atoms with Gasteiger partial charge < -0.3 is 10.1 Å². The SMILES string of the molecule is Clc1ccc(COc2cccc(C3CCNCC3)n2)nc1. The molecule has 3 rings (SSSR count). The van der Waals surface area contributed by atoms with Gasteiger partial charge in [0.15, 0.2) is 0 Å². The predicted molar refractivity (Wildman–Crippen MR) is 82.7 cm³/mol. The van der Waals surface area contributed by atoms with Crippen molar-refractivity contribution in [3.05, 3.63) is 52.9 Å². The Morgan fingerprint density at radius 2 is 2.05 bits per heavy atom. The maximum Gasteiger partial charge on any atom is 0.213 e. The van der Waals surface area contributed by atoms with E-state index in [2.05, 4.69) is 21.4 Å². The molecule has 2 aromatic heterocycles. The third kappa shape index (κ3) is 3.93. The molecule has 5 heteroatoms. The summed E-state index contributed by atoms with van der Waals surface area (Å²) in [4.78, 5) is 8.84. The molecule has 1 fully saturated rings. The molecule has 2 aromatic rings. The van der Waals surface area contributed by atoms with Crippen molar-refractivity contribution >= 4 is 11.6 Å². The van der Waals surface area contributed by atoms with Crippen molar-refractivity contribution in [3.8, 4) is 5.88 Å². The van der Waals surface area contributed by atoms with Gasteiger partial charge in [-0.2, -0.15) is 0 Å². The standard InChI is InChI=1S/C16H18ClN3O/c17-13-4-5-14(19-10-13)11-21-16-3-1-2-15(20-16)12-6-8-18-9-7-12/h1-5,10,12,18H,6-9,11H2. The fraction of sp³-hybridized carbons (Fsp3) is 0.375. The van der Waals surface area contributed by atoms with Crippen LogP contribution in [0.25, 0.3) is 0 Å². The third-order valence-corrected chi connectivity index (χ3v) is 3.88. The van der Waals surface area contributed by atoms with Gasteiger partial charge in [-0.05, 0) is 44.1 Å². The number of nitrogens with one attached hydrogen (secondary N) is 1. The Morgan fingerprint density at radius 3 is 2.81 bits per heavy atom. The largest absolute Gasteiger partial charge is 0.471 e. The van der Waals surface area contributed by atoms with Crippen LogP contribution in [0, 0.1) is 0 Å². The zero-order chi connectivity index (χ0) is 14.5. The van der Waals surface area contributed by atoms with E-state index in [4.69, 9.17) is 16.3 Å². The molecule has 110 valence electrons. The smallest absolute Gasteiger partial charge is 0.213 e. The summed E-state index contributed by atoms with van der Waals surface area (Å²) in [5.74, 6) is 1.19. The fourth-order valence-electron chi connectivity index (χ4n) is 2.50. The van der Waals surface area contributed by atoms with E-state index in [-0.39, 0.29) is 0 Å². The van der Waals surface area contributed by atoms with Crippen molar-refractivity contribution in [3.63, 3.8) is 0 Å². The molecule has 0 unspecified atom stereocenters. The quantitative estimate of drug-likeness (QED) is 0.942. The van der Waals surface area contributed by atoms with E-state index >= 15 is 0 Å². The highest BCUT2D eigenvalue weighted by Crippen LogP contribution is 2.25. The minimum Gasteiger partial charge on any atom is -0.471 e. The van der Waals surface area contributed by atoms with Gasteiger partial charge in [-0.1, -0.05) is 17.7 Å². The molecule has 1 saturated heterocycles. The average molecular weight is 304 g/mol. The Balaban J connectivity index is 1.64. The van der Waals surface area contributed by atoms with Gasteiger partial charge in [0.05, 0.1) is 10.7 Å². The Kier molecular flexibility index (Phi) is 4.68. The Morgan fingerprint density at radius 1 is 1.19 bits per heavy atom. The van der Waals surface area contributed by atoms with Crippen LogP contribution in [0.1, 0.15) is 30.1 Å². The predicted octanol–water partition coefficient (Wildman–Crippen LogP) is 3.18. The van der Waals surface area contributed by atoms with Crippen LogP contribution >= 0.6 is 11.6 Å². The summed E-state index contributed by atoms with van der Waals surface area (Å²) in [5.41, 5.74) is 1.96. The van der Waals surface area contributed by atoms with E-state index in [1.165, 1.54) is 0 Å². The average Bonchev–Trinajstić information content (AvgIpc) is 2.55. The zero-order valence-corrected chi connectivity index (χ0v) is 12.5. The van der Waals surface area contributed by atoms with E-state index in [0.29, 0.717) is 23.4 Å². The highest BCUT2D eigenvalue weighted by molar-refractivity contribution is 6.30. The molecule has 21 heavy (non-hydrogen) atoms. The number of aromatic nitrogens is 2. The number of hydrogen-bond donors (Lipinski definition) is 1. The van der Waals surface area contributed by atoms with E-state index in [9.17, 15) is 0 Å². The molecule has 0 aromatic carbocycles. The second kappa shape index (κ2) is 6.87. The molecule has 0 spiro atoms. The van der Waals surface area contributed by atoms with Crippen LogP contribution in [0.3, 0.4) is 0 Å². The summed E-state index contributed by atoms with van der Waals surface area (Å²) < 4.78 is 5.73. The van der Waals surface area contributed by atoms with E-state index in [1.54, 1.807) is 6.20 Å². The molecule has 0 saturated carbocycles. The molecule has 4 nitrogen and oxygen atoms in total. The first-order valence-electron chi connectivity index (χ1n) is 7.22. The van der Waals surface area contributed by atoms with Crippen LogP contribution in [0.4, 0.5) is 0 Å². The molecule has 0 radical (unpaired) electrons. The summed E-state index contributed by atoms with van der Waals surface area (Å²) in [5, 5.41) is 4.00. The van der Waals surface area contributed by atoms with Crippen molar-refractivity contribution in [1.29, 1.82) is 0 Å². The van der Waals surface area contributed by atoms with Crippen molar-refractivity contribution in [2.75, 3.05) is 13.1 Å². The van der Waals surface area contributed by atoms with E-state index in [0.717, 1.165) is 37.3 Å². The Bertz CT molecular complexity index is 582. The molecule has 0 atom stereocenters. The van der Waals surface area contributed by atoms with Gasteiger partial charge in [-0.3, -0.25) is 4.98 Å². The summed E-state index contributed by atoms with van der Waals surface area (Å²) in [6.07, 6.45) is 3.89. The van der Waals surface area contributed by atoms with Gasteiger partial charge in [0.2, 0.25) is 5.88 Å². The van der Waals surface area contributed by atoms with E-state index in [1.807, 2.05) is 24.3 Å². The number of pyridine rings is 2. The first kappa shape index (κ1) is 14.3. The Labute approximate surface area is 129 Å². The molecule has 0 bridgehead atoms. The molecule has 1 aliphatic rings. The van der Waals surface area contributed by atoms with Crippen molar-refractivity contribution in [2.24, 2.45) is 0 Å². The fourth-order valence-corrected chi connectivity index (χ4v) is 2.61. The summed E-state index contributed by atoms with van der Waals surface area (Å²) in [6.45, 7) is 2.53. The van der Waals surface area contributed by atoms with Crippen LogP contribution in [0.2, 0.25) is 5.02 Å². The number of hydrogen-bond acceptors (Lipinski definition) is 4. The van der Waals surface area contributed by atoms with Gasteiger partial charge in [0, 0.05) is 23.9 Å². The minimum atomic E-state index is 0.403. The lowest BCUT2D eigenvalue weighted by Crippen LogP contribution is -2.27. The second-order valence-corrected chi connectivity index (χ2v) is 5.62. The van der Waals surface area contributed by atoms with Crippen molar-refractivity contribution in [2.45, 2.75) is 25.4 Å². The van der Waals surface area contributed by atoms with Crippen LogP contribution in [-0.4, -0.2) is 23.1 Å². The first-order valence-corrected chi connectivity index (χ1v) is 7.60.